The molecule has 0 atom stereocenters. The number of thiazole rings is 1. The molecule has 0 aliphatic carbocycles. The van der Waals surface area contributed by atoms with Gasteiger partial charge in [0.2, 0.25) is 0 Å². The number of nitro benzene ring substituents is 1. The fourth-order valence-electron chi connectivity index (χ4n) is 2.53. The molecule has 0 fully saturated rings. The maximum Gasteiger partial charge on any atom is 0.284 e. The van der Waals surface area contributed by atoms with E-state index in [1.165, 1.54) is 46.2 Å². The molecule has 0 aliphatic heterocycles. The number of para-hydroxylation sites is 1. The zero-order valence-corrected chi connectivity index (χ0v) is 17.8. The highest BCUT2D eigenvalue weighted by Crippen LogP contribution is 2.36. The van der Waals surface area contributed by atoms with Crippen molar-refractivity contribution in [1.29, 1.82) is 0 Å². The largest absolute Gasteiger partial charge is 0.489 e. The number of halogens is 1. The van der Waals surface area contributed by atoms with Gasteiger partial charge >= 0.3 is 0 Å². The van der Waals surface area contributed by atoms with Gasteiger partial charge in [-0.25, -0.2) is 9.37 Å². The Bertz CT molecular complexity index is 1070. The molecular formula is C20H18FN3O4S2. The number of benzene rings is 2. The van der Waals surface area contributed by atoms with Gasteiger partial charge in [0, 0.05) is 29.8 Å². The lowest BCUT2D eigenvalue weighted by atomic mass is 10.2. The molecule has 2 aromatic carbocycles. The van der Waals surface area contributed by atoms with Crippen LogP contribution in [-0.4, -0.2) is 40.9 Å². The van der Waals surface area contributed by atoms with Crippen molar-refractivity contribution in [3.63, 3.8) is 0 Å². The second kappa shape index (κ2) is 9.68. The van der Waals surface area contributed by atoms with Gasteiger partial charge in [0.05, 0.1) is 16.4 Å². The summed E-state index contributed by atoms with van der Waals surface area (Å²) < 4.78 is 19.6. The number of aromatic nitrogens is 1. The summed E-state index contributed by atoms with van der Waals surface area (Å²) in [6, 6.07) is 10.4. The van der Waals surface area contributed by atoms with E-state index in [-0.39, 0.29) is 30.2 Å². The van der Waals surface area contributed by atoms with Crippen LogP contribution in [0.15, 0.2) is 57.1 Å². The predicted octanol–water partition coefficient (Wildman–Crippen LogP) is 4.80. The number of rotatable bonds is 8. The number of nitrogens with zero attached hydrogens (tertiary/aromatic N) is 3. The summed E-state index contributed by atoms with van der Waals surface area (Å²) in [5, 5.41) is 13.4. The number of hydrogen-bond acceptors (Lipinski definition) is 7. The van der Waals surface area contributed by atoms with Crippen LogP contribution in [0.2, 0.25) is 0 Å². The predicted molar refractivity (Wildman–Crippen MR) is 113 cm³/mol. The summed E-state index contributed by atoms with van der Waals surface area (Å²) in [5.74, 6) is -0.768. The SMILES string of the molecule is Cc1csc(Sc2ccc(C(=O)N(C)CCOc3ccccc3F)cc2[N+](=O)[O-])n1. The quantitative estimate of drug-likeness (QED) is 0.364. The average molecular weight is 448 g/mol. The maximum absolute atomic E-state index is 13.6. The van der Waals surface area contributed by atoms with Crippen LogP contribution in [0.5, 0.6) is 5.75 Å². The highest BCUT2D eigenvalue weighted by atomic mass is 32.2. The molecule has 3 rings (SSSR count). The molecule has 1 aromatic heterocycles. The van der Waals surface area contributed by atoms with Crippen LogP contribution in [-0.2, 0) is 0 Å². The zero-order chi connectivity index (χ0) is 21.7. The number of ether oxygens (including phenoxy) is 1. The first-order valence-electron chi connectivity index (χ1n) is 8.86. The van der Waals surface area contributed by atoms with E-state index in [1.54, 1.807) is 31.3 Å². The van der Waals surface area contributed by atoms with Gasteiger partial charge in [-0.1, -0.05) is 23.9 Å². The lowest BCUT2D eigenvalue weighted by Crippen LogP contribution is -2.31. The fourth-order valence-corrected chi connectivity index (χ4v) is 4.41. The third-order valence-electron chi connectivity index (χ3n) is 4.07. The normalized spacial score (nSPS) is 10.6. The van der Waals surface area contributed by atoms with E-state index in [1.807, 2.05) is 12.3 Å². The number of carbonyl (C=O) groups excluding carboxylic acids is 1. The van der Waals surface area contributed by atoms with Crippen molar-refractivity contribution in [2.45, 2.75) is 16.2 Å². The molecule has 1 heterocycles. The van der Waals surface area contributed by atoms with Crippen molar-refractivity contribution >= 4 is 34.7 Å². The first-order chi connectivity index (χ1) is 14.3. The first-order valence-corrected chi connectivity index (χ1v) is 10.6. The highest BCUT2D eigenvalue weighted by Gasteiger charge is 2.21. The Morgan fingerprint density at radius 1 is 1.33 bits per heavy atom. The molecule has 7 nitrogen and oxygen atoms in total. The summed E-state index contributed by atoms with van der Waals surface area (Å²) in [5.41, 5.74) is 0.876. The maximum atomic E-state index is 13.6. The number of likely N-dealkylation sites (N-methyl/N-ethyl adjacent to an activating group) is 1. The Hall–Kier alpha value is -2.98. The van der Waals surface area contributed by atoms with E-state index >= 15 is 0 Å². The van der Waals surface area contributed by atoms with Crippen LogP contribution >= 0.6 is 23.1 Å². The third kappa shape index (κ3) is 5.33. The summed E-state index contributed by atoms with van der Waals surface area (Å²) in [7, 11) is 1.56. The average Bonchev–Trinajstić information content (AvgIpc) is 3.13. The van der Waals surface area contributed by atoms with Crippen LogP contribution < -0.4 is 4.74 Å². The summed E-state index contributed by atoms with van der Waals surface area (Å²) in [6.07, 6.45) is 0. The molecule has 0 radical (unpaired) electrons. The Balaban J connectivity index is 1.68. The fraction of sp³-hybridized carbons (Fsp3) is 0.200. The smallest absolute Gasteiger partial charge is 0.284 e. The summed E-state index contributed by atoms with van der Waals surface area (Å²) >= 11 is 2.59. The molecule has 0 saturated carbocycles. The number of nitro groups is 1. The van der Waals surface area contributed by atoms with Gasteiger partial charge in [0.25, 0.3) is 11.6 Å². The van der Waals surface area contributed by atoms with Crippen molar-refractivity contribution in [1.82, 2.24) is 9.88 Å². The molecule has 10 heteroatoms. The minimum atomic E-state index is -0.513. The van der Waals surface area contributed by atoms with E-state index in [0.717, 1.165) is 5.69 Å². The van der Waals surface area contributed by atoms with Crippen LogP contribution in [0, 0.1) is 22.9 Å². The van der Waals surface area contributed by atoms with E-state index in [4.69, 9.17) is 4.74 Å². The monoisotopic (exact) mass is 447 g/mol. The van der Waals surface area contributed by atoms with Crippen molar-refractivity contribution in [2.75, 3.05) is 20.2 Å². The molecule has 1 amide bonds. The van der Waals surface area contributed by atoms with Crippen LogP contribution in [0.3, 0.4) is 0 Å². The molecule has 0 N–H and O–H groups in total. The summed E-state index contributed by atoms with van der Waals surface area (Å²) in [6.45, 7) is 2.13. The van der Waals surface area contributed by atoms with Gasteiger partial charge in [-0.3, -0.25) is 14.9 Å². The van der Waals surface area contributed by atoms with Gasteiger partial charge < -0.3 is 9.64 Å². The molecule has 0 bridgehead atoms. The Labute approximate surface area is 180 Å². The molecule has 3 aromatic rings. The third-order valence-corrected chi connectivity index (χ3v) is 6.19. The van der Waals surface area contributed by atoms with Crippen molar-refractivity contribution in [2.24, 2.45) is 0 Å². The Morgan fingerprint density at radius 2 is 2.10 bits per heavy atom. The van der Waals surface area contributed by atoms with Gasteiger partial charge in [0.15, 0.2) is 15.9 Å². The number of amides is 1. The highest BCUT2D eigenvalue weighted by molar-refractivity contribution is 8.01. The molecule has 156 valence electrons. The molecule has 0 spiro atoms. The second-order valence-electron chi connectivity index (χ2n) is 6.30. The molecule has 0 unspecified atom stereocenters. The van der Waals surface area contributed by atoms with Gasteiger partial charge in [-0.05, 0) is 31.2 Å². The van der Waals surface area contributed by atoms with Crippen LogP contribution in [0.4, 0.5) is 10.1 Å². The molecule has 0 saturated heterocycles. The Morgan fingerprint density at radius 3 is 2.77 bits per heavy atom. The number of aryl methyl sites for hydroxylation is 1. The molecule has 30 heavy (non-hydrogen) atoms. The van der Waals surface area contributed by atoms with E-state index in [9.17, 15) is 19.3 Å². The standard InChI is InChI=1S/C20H18FN3O4S2/c1-13-12-29-20(22-13)30-18-8-7-14(11-16(18)24(26)27)19(25)23(2)9-10-28-17-6-4-3-5-15(17)21/h3-8,11-12H,9-10H2,1-2H3. The minimum Gasteiger partial charge on any atom is -0.489 e. The lowest BCUT2D eigenvalue weighted by Gasteiger charge is -2.18. The minimum absolute atomic E-state index is 0.0859. The zero-order valence-electron chi connectivity index (χ0n) is 16.2. The van der Waals surface area contributed by atoms with Crippen molar-refractivity contribution in [3.05, 3.63) is 75.0 Å². The van der Waals surface area contributed by atoms with Gasteiger partial charge in [0.1, 0.15) is 6.61 Å². The van der Waals surface area contributed by atoms with E-state index in [0.29, 0.717) is 9.24 Å². The van der Waals surface area contributed by atoms with Crippen molar-refractivity contribution < 1.29 is 18.8 Å². The number of hydrogen-bond donors (Lipinski definition) is 0. The van der Waals surface area contributed by atoms with Crippen molar-refractivity contribution in [3.8, 4) is 5.75 Å². The van der Waals surface area contributed by atoms with Crippen LogP contribution in [0.25, 0.3) is 0 Å². The van der Waals surface area contributed by atoms with Gasteiger partial charge in [-0.15, -0.1) is 11.3 Å². The first kappa shape index (κ1) is 21.7. The Kier molecular flexibility index (Phi) is 7.01. The lowest BCUT2D eigenvalue weighted by molar-refractivity contribution is -0.387. The molecular weight excluding hydrogens is 429 g/mol. The van der Waals surface area contributed by atoms with E-state index < -0.39 is 16.6 Å². The van der Waals surface area contributed by atoms with Gasteiger partial charge in [-0.2, -0.15) is 0 Å². The second-order valence-corrected chi connectivity index (χ2v) is 8.45. The summed E-state index contributed by atoms with van der Waals surface area (Å²) in [4.78, 5) is 29.7. The topological polar surface area (TPSA) is 85.6 Å². The van der Waals surface area contributed by atoms with E-state index in [2.05, 4.69) is 4.98 Å². The molecule has 0 aliphatic rings. The number of carbonyl (C=O) groups is 1. The van der Waals surface area contributed by atoms with Crippen LogP contribution in [0.1, 0.15) is 16.1 Å².